The molecular formula is C69H46N2. The minimum atomic E-state index is -0.521. The Morgan fingerprint density at radius 3 is 1.17 bits per heavy atom. The lowest BCUT2D eigenvalue weighted by molar-refractivity contribution is 0.769. The van der Waals surface area contributed by atoms with E-state index in [1.54, 1.807) is 0 Å². The molecular weight excluding hydrogens is 857 g/mol. The zero-order valence-electron chi connectivity index (χ0n) is 39.0. The third-order valence-electron chi connectivity index (χ3n) is 14.4. The molecule has 12 aromatic rings. The van der Waals surface area contributed by atoms with Crippen LogP contribution in [0.5, 0.6) is 0 Å². The zero-order valence-corrected chi connectivity index (χ0v) is 39.0. The lowest BCUT2D eigenvalue weighted by atomic mass is 9.67. The van der Waals surface area contributed by atoms with Crippen molar-refractivity contribution in [2.24, 2.45) is 0 Å². The average molecular weight is 903 g/mol. The van der Waals surface area contributed by atoms with Crippen molar-refractivity contribution < 1.29 is 0 Å². The number of hydrogen-bond donors (Lipinski definition) is 0. The summed E-state index contributed by atoms with van der Waals surface area (Å²) < 4.78 is 0. The van der Waals surface area contributed by atoms with Crippen molar-refractivity contribution in [1.29, 1.82) is 0 Å². The second kappa shape index (κ2) is 17.7. The summed E-state index contributed by atoms with van der Waals surface area (Å²) in [6.07, 6.45) is 0. The van der Waals surface area contributed by atoms with E-state index in [-0.39, 0.29) is 0 Å². The molecule has 13 rings (SSSR count). The third-order valence-corrected chi connectivity index (χ3v) is 14.4. The summed E-state index contributed by atoms with van der Waals surface area (Å²) in [6, 6.07) is 101. The first-order valence-corrected chi connectivity index (χ1v) is 24.4. The Morgan fingerprint density at radius 2 is 0.606 bits per heavy atom. The summed E-state index contributed by atoms with van der Waals surface area (Å²) in [5.74, 6) is 0.698. The molecule has 11 aromatic carbocycles. The molecule has 0 saturated heterocycles. The fourth-order valence-electron chi connectivity index (χ4n) is 11.0. The van der Waals surface area contributed by atoms with Crippen LogP contribution in [-0.4, -0.2) is 9.97 Å². The van der Waals surface area contributed by atoms with Crippen molar-refractivity contribution in [1.82, 2.24) is 9.97 Å². The van der Waals surface area contributed by atoms with Crippen molar-refractivity contribution in [2.75, 3.05) is 0 Å². The van der Waals surface area contributed by atoms with Gasteiger partial charge in [-0.2, -0.15) is 0 Å². The number of benzene rings is 11. The predicted octanol–water partition coefficient (Wildman–Crippen LogP) is 17.7. The van der Waals surface area contributed by atoms with Gasteiger partial charge in [0, 0.05) is 16.7 Å². The van der Waals surface area contributed by atoms with Crippen LogP contribution in [0.2, 0.25) is 0 Å². The molecule has 0 unspecified atom stereocenters. The quantitative estimate of drug-likeness (QED) is 0.144. The van der Waals surface area contributed by atoms with Gasteiger partial charge in [0.2, 0.25) is 0 Å². The Morgan fingerprint density at radius 1 is 0.225 bits per heavy atom. The topological polar surface area (TPSA) is 25.8 Å². The van der Waals surface area contributed by atoms with Gasteiger partial charge >= 0.3 is 0 Å². The van der Waals surface area contributed by atoms with Crippen LogP contribution in [0.1, 0.15) is 22.3 Å². The Bertz CT molecular complexity index is 3850. The van der Waals surface area contributed by atoms with Gasteiger partial charge in [0.05, 0.1) is 16.8 Å². The molecule has 1 aromatic heterocycles. The van der Waals surface area contributed by atoms with Gasteiger partial charge < -0.3 is 0 Å². The summed E-state index contributed by atoms with van der Waals surface area (Å²) in [4.78, 5) is 10.5. The SMILES string of the molecule is c1ccc(-c2cccc(-c3cc(-c4ccc(-c5ccc(-c6ccc7c(c6)C(c6ccccc6)(c6ccccc6)c6cc(-c8ccccc8)ccc6-7)cc5)c5ccccc45)nc(-c4ccccc4)n3)c2)cc1. The van der Waals surface area contributed by atoms with Gasteiger partial charge in [0.1, 0.15) is 0 Å². The van der Waals surface area contributed by atoms with E-state index < -0.39 is 5.41 Å². The minimum absolute atomic E-state index is 0.521. The average Bonchev–Trinajstić information content (AvgIpc) is 3.76. The number of aromatic nitrogens is 2. The monoisotopic (exact) mass is 902 g/mol. The van der Waals surface area contributed by atoms with Crippen LogP contribution in [-0.2, 0) is 5.41 Å². The molecule has 71 heavy (non-hydrogen) atoms. The van der Waals surface area contributed by atoms with Crippen LogP contribution in [0, 0.1) is 0 Å². The Kier molecular flexibility index (Phi) is 10.4. The van der Waals surface area contributed by atoms with Crippen LogP contribution >= 0.6 is 0 Å². The van der Waals surface area contributed by atoms with E-state index in [1.807, 2.05) is 18.2 Å². The molecule has 0 fully saturated rings. The van der Waals surface area contributed by atoms with E-state index in [1.165, 1.54) is 72.1 Å². The first kappa shape index (κ1) is 41.9. The van der Waals surface area contributed by atoms with Crippen LogP contribution < -0.4 is 0 Å². The van der Waals surface area contributed by atoms with E-state index in [9.17, 15) is 0 Å². The molecule has 2 heteroatoms. The maximum absolute atomic E-state index is 5.27. The summed E-state index contributed by atoms with van der Waals surface area (Å²) in [5, 5.41) is 2.31. The highest BCUT2D eigenvalue weighted by molar-refractivity contribution is 6.05. The smallest absolute Gasteiger partial charge is 0.160 e. The summed E-state index contributed by atoms with van der Waals surface area (Å²) >= 11 is 0. The highest BCUT2D eigenvalue weighted by Gasteiger charge is 2.46. The van der Waals surface area contributed by atoms with Crippen LogP contribution in [0.15, 0.2) is 279 Å². The summed E-state index contributed by atoms with van der Waals surface area (Å²) in [7, 11) is 0. The Balaban J connectivity index is 0.902. The van der Waals surface area contributed by atoms with Crippen molar-refractivity contribution >= 4 is 10.8 Å². The molecule has 0 amide bonds. The van der Waals surface area contributed by atoms with E-state index in [2.05, 4.69) is 261 Å². The molecule has 0 atom stereocenters. The highest BCUT2D eigenvalue weighted by Crippen LogP contribution is 2.57. The molecule has 1 heterocycles. The van der Waals surface area contributed by atoms with Gasteiger partial charge in [0.15, 0.2) is 5.82 Å². The van der Waals surface area contributed by atoms with E-state index in [0.29, 0.717) is 5.82 Å². The van der Waals surface area contributed by atoms with Gasteiger partial charge in [-0.25, -0.2) is 9.97 Å². The van der Waals surface area contributed by atoms with Crippen molar-refractivity contribution in [3.63, 3.8) is 0 Å². The van der Waals surface area contributed by atoms with Crippen LogP contribution in [0.4, 0.5) is 0 Å². The maximum Gasteiger partial charge on any atom is 0.160 e. The standard InChI is InChI=1S/C69H46N2/c1-6-19-47(20-7-1)52-25-18-26-55(43-52)66-46-67(71-68(70-66)51-23-10-3-11-24-51)63-42-41-58(59-31-16-17-32-60(59)63)50-35-33-49(34-36-50)54-38-40-62-61-39-37-53(48-21-8-2-9-22-48)44-64(61)69(65(62)45-54,56-27-12-4-13-28-56)57-29-14-5-15-30-57/h1-46H. The normalized spacial score (nSPS) is 12.3. The molecule has 0 aliphatic heterocycles. The van der Waals surface area contributed by atoms with Crippen molar-refractivity contribution in [2.45, 2.75) is 5.41 Å². The second-order valence-electron chi connectivity index (χ2n) is 18.4. The molecule has 0 saturated carbocycles. The third kappa shape index (κ3) is 7.37. The molecule has 0 spiro atoms. The van der Waals surface area contributed by atoms with Crippen molar-refractivity contribution in [3.8, 4) is 89.5 Å². The number of rotatable bonds is 9. The molecule has 0 bridgehead atoms. The van der Waals surface area contributed by atoms with E-state index >= 15 is 0 Å². The van der Waals surface area contributed by atoms with Gasteiger partial charge in [0.25, 0.3) is 0 Å². The second-order valence-corrected chi connectivity index (χ2v) is 18.4. The lowest BCUT2D eigenvalue weighted by Crippen LogP contribution is -2.28. The lowest BCUT2D eigenvalue weighted by Gasteiger charge is -2.34. The molecule has 1 aliphatic rings. The maximum atomic E-state index is 5.27. The van der Waals surface area contributed by atoms with Gasteiger partial charge in [-0.15, -0.1) is 0 Å². The number of fused-ring (bicyclic) bond motifs is 4. The first-order valence-electron chi connectivity index (χ1n) is 24.4. The number of nitrogens with zero attached hydrogens (tertiary/aromatic N) is 2. The van der Waals surface area contributed by atoms with Gasteiger partial charge in [-0.3, -0.25) is 0 Å². The van der Waals surface area contributed by atoms with Crippen LogP contribution in [0.3, 0.4) is 0 Å². The first-order chi connectivity index (χ1) is 35.2. The molecule has 2 nitrogen and oxygen atoms in total. The van der Waals surface area contributed by atoms with Gasteiger partial charge in [-0.1, -0.05) is 255 Å². The largest absolute Gasteiger partial charge is 0.228 e. The van der Waals surface area contributed by atoms with E-state index in [0.717, 1.165) is 44.6 Å². The van der Waals surface area contributed by atoms with Gasteiger partial charge in [-0.05, 0) is 113 Å². The summed E-state index contributed by atoms with van der Waals surface area (Å²) in [6.45, 7) is 0. The molecule has 1 aliphatic carbocycles. The highest BCUT2D eigenvalue weighted by atomic mass is 14.9. The minimum Gasteiger partial charge on any atom is -0.228 e. The van der Waals surface area contributed by atoms with Crippen LogP contribution in [0.25, 0.3) is 100 Å². The molecule has 0 N–H and O–H groups in total. The van der Waals surface area contributed by atoms with Crippen molar-refractivity contribution in [3.05, 3.63) is 301 Å². The zero-order chi connectivity index (χ0) is 47.1. The van der Waals surface area contributed by atoms with E-state index in [4.69, 9.17) is 9.97 Å². The molecule has 0 radical (unpaired) electrons. The predicted molar refractivity (Wildman–Crippen MR) is 295 cm³/mol. The Hall–Kier alpha value is -9.24. The number of hydrogen-bond acceptors (Lipinski definition) is 2. The summed E-state index contributed by atoms with van der Waals surface area (Å²) in [5.41, 5.74) is 21.4. The fraction of sp³-hybridized carbons (Fsp3) is 0.0145. The fourth-order valence-corrected chi connectivity index (χ4v) is 11.0. The Labute approximate surface area is 414 Å². The molecule has 332 valence electrons.